The molecule has 2 aliphatic rings. The number of nitrogens with one attached hydrogen (secondary N) is 1. The third kappa shape index (κ3) is 2.91. The van der Waals surface area contributed by atoms with E-state index in [1.54, 1.807) is 0 Å². The van der Waals surface area contributed by atoms with Crippen molar-refractivity contribution < 1.29 is 9.90 Å². The Kier molecular flexibility index (Phi) is 3.63. The number of rotatable bonds is 4. The predicted octanol–water partition coefficient (Wildman–Crippen LogP) is 3.25. The van der Waals surface area contributed by atoms with Gasteiger partial charge in [-0.2, -0.15) is 0 Å². The molecule has 2 N–H and O–H groups in total. The number of hydrogen-bond donors (Lipinski definition) is 2. The Hall–Kier alpha value is -0.870. The van der Waals surface area contributed by atoms with Crippen LogP contribution < -0.4 is 5.32 Å². The van der Waals surface area contributed by atoms with E-state index in [4.69, 9.17) is 0 Å². The van der Waals surface area contributed by atoms with Gasteiger partial charge in [-0.25, -0.2) is 0 Å². The Morgan fingerprint density at radius 3 is 2.55 bits per heavy atom. The summed E-state index contributed by atoms with van der Waals surface area (Å²) in [4.78, 5) is 12.2. The molecule has 108 valence electrons. The highest BCUT2D eigenvalue weighted by Gasteiger charge is 2.46. The normalized spacial score (nSPS) is 22.5. The van der Waals surface area contributed by atoms with Crippen molar-refractivity contribution in [2.75, 3.05) is 0 Å². The van der Waals surface area contributed by atoms with Crippen LogP contribution in [0.5, 0.6) is 0 Å². The van der Waals surface area contributed by atoms with Gasteiger partial charge in [-0.15, -0.1) is 0 Å². The van der Waals surface area contributed by atoms with Crippen molar-refractivity contribution >= 4 is 21.8 Å². The minimum Gasteiger partial charge on any atom is -0.389 e. The maximum atomic E-state index is 12.2. The average Bonchev–Trinajstić information content (AvgIpc) is 3.04. The van der Waals surface area contributed by atoms with Gasteiger partial charge >= 0.3 is 0 Å². The maximum absolute atomic E-state index is 12.2. The smallest absolute Gasteiger partial charge is 0.223 e. The molecule has 0 atom stereocenters. The molecule has 1 aromatic carbocycles. The molecule has 0 saturated heterocycles. The van der Waals surface area contributed by atoms with Crippen LogP contribution in [-0.2, 0) is 10.3 Å². The van der Waals surface area contributed by atoms with Gasteiger partial charge < -0.3 is 10.4 Å². The van der Waals surface area contributed by atoms with Crippen molar-refractivity contribution in [1.29, 1.82) is 0 Å². The van der Waals surface area contributed by atoms with E-state index in [2.05, 4.69) is 33.4 Å². The van der Waals surface area contributed by atoms with Gasteiger partial charge in [0.15, 0.2) is 0 Å². The Labute approximate surface area is 127 Å². The first-order valence-electron chi connectivity index (χ1n) is 7.31. The highest BCUT2D eigenvalue weighted by molar-refractivity contribution is 9.10. The number of hydrogen-bond acceptors (Lipinski definition) is 2. The lowest BCUT2D eigenvalue weighted by Crippen LogP contribution is -2.40. The van der Waals surface area contributed by atoms with Gasteiger partial charge in [-0.1, -0.05) is 40.9 Å². The molecule has 1 aromatic rings. The summed E-state index contributed by atoms with van der Waals surface area (Å²) in [6.07, 6.45) is 5.76. The van der Waals surface area contributed by atoms with Gasteiger partial charge in [-0.3, -0.25) is 4.79 Å². The number of carbonyl (C=O) groups is 1. The summed E-state index contributed by atoms with van der Waals surface area (Å²) >= 11 is 3.48. The third-order valence-corrected chi connectivity index (χ3v) is 5.02. The van der Waals surface area contributed by atoms with E-state index in [0.29, 0.717) is 0 Å². The summed E-state index contributed by atoms with van der Waals surface area (Å²) in [5.41, 5.74) is 0.186. The van der Waals surface area contributed by atoms with Crippen LogP contribution in [0.1, 0.15) is 50.5 Å². The van der Waals surface area contributed by atoms with Crippen LogP contribution >= 0.6 is 15.9 Å². The van der Waals surface area contributed by atoms with E-state index < -0.39 is 5.60 Å². The molecule has 0 aliphatic heterocycles. The van der Waals surface area contributed by atoms with Gasteiger partial charge in [0.1, 0.15) is 0 Å². The van der Waals surface area contributed by atoms with E-state index in [-0.39, 0.29) is 17.9 Å². The van der Waals surface area contributed by atoms with Gasteiger partial charge in [0.05, 0.1) is 17.6 Å². The number of aliphatic hydroxyl groups is 1. The summed E-state index contributed by atoms with van der Waals surface area (Å²) in [7, 11) is 0. The van der Waals surface area contributed by atoms with Gasteiger partial charge in [0.25, 0.3) is 0 Å². The van der Waals surface area contributed by atoms with Crippen molar-refractivity contribution in [2.45, 2.75) is 56.1 Å². The second kappa shape index (κ2) is 5.15. The SMILES string of the molecule is O=C(CC1(O)CCCC1)NC1(c2cccc(Br)c2)CC1. The molecule has 1 amide bonds. The van der Waals surface area contributed by atoms with Crippen LogP contribution in [-0.4, -0.2) is 16.6 Å². The zero-order valence-electron chi connectivity index (χ0n) is 11.5. The molecule has 0 aromatic heterocycles. The molecule has 4 heteroatoms. The molecule has 0 heterocycles. The van der Waals surface area contributed by atoms with Crippen molar-refractivity contribution in [3.05, 3.63) is 34.3 Å². The standard InChI is InChI=1S/C16H20BrNO2/c17-13-5-3-4-12(10-13)16(8-9-16)18-14(19)11-15(20)6-1-2-7-15/h3-5,10,20H,1-2,6-9,11H2,(H,18,19). The molecule has 0 radical (unpaired) electrons. The molecule has 2 fully saturated rings. The fraction of sp³-hybridized carbons (Fsp3) is 0.562. The minimum absolute atomic E-state index is 0.0214. The second-order valence-electron chi connectivity index (χ2n) is 6.25. The summed E-state index contributed by atoms with van der Waals surface area (Å²) in [6.45, 7) is 0. The average molecular weight is 338 g/mol. The Morgan fingerprint density at radius 2 is 1.95 bits per heavy atom. The van der Waals surface area contributed by atoms with Crippen LogP contribution in [0.25, 0.3) is 0 Å². The van der Waals surface area contributed by atoms with Crippen molar-refractivity contribution in [1.82, 2.24) is 5.32 Å². The minimum atomic E-state index is -0.766. The number of halogens is 1. The highest BCUT2D eigenvalue weighted by Crippen LogP contribution is 2.46. The van der Waals surface area contributed by atoms with Gasteiger partial charge in [0.2, 0.25) is 5.91 Å². The quantitative estimate of drug-likeness (QED) is 0.885. The van der Waals surface area contributed by atoms with E-state index in [9.17, 15) is 9.90 Å². The molecule has 2 aliphatic carbocycles. The van der Waals surface area contributed by atoms with Crippen LogP contribution in [0.3, 0.4) is 0 Å². The molecule has 0 spiro atoms. The lowest BCUT2D eigenvalue weighted by molar-refractivity contribution is -0.127. The highest BCUT2D eigenvalue weighted by atomic mass is 79.9. The molecule has 20 heavy (non-hydrogen) atoms. The number of benzene rings is 1. The van der Waals surface area contributed by atoms with E-state index in [0.717, 1.165) is 48.6 Å². The molecular weight excluding hydrogens is 318 g/mol. The first-order valence-corrected chi connectivity index (χ1v) is 8.10. The first-order chi connectivity index (χ1) is 9.51. The molecule has 2 saturated carbocycles. The van der Waals surface area contributed by atoms with Gasteiger partial charge in [-0.05, 0) is 43.4 Å². The molecule has 3 nitrogen and oxygen atoms in total. The fourth-order valence-corrected chi connectivity index (χ4v) is 3.62. The lowest BCUT2D eigenvalue weighted by atomic mass is 9.96. The first kappa shape index (κ1) is 14.1. The van der Waals surface area contributed by atoms with Gasteiger partial charge in [0, 0.05) is 4.47 Å². The fourth-order valence-electron chi connectivity index (χ4n) is 3.22. The summed E-state index contributed by atoms with van der Waals surface area (Å²) in [6, 6.07) is 8.11. The third-order valence-electron chi connectivity index (χ3n) is 4.53. The Balaban J connectivity index is 1.66. The van der Waals surface area contributed by atoms with Crippen molar-refractivity contribution in [2.24, 2.45) is 0 Å². The molecule has 0 bridgehead atoms. The Morgan fingerprint density at radius 1 is 1.25 bits per heavy atom. The zero-order valence-corrected chi connectivity index (χ0v) is 13.1. The summed E-state index contributed by atoms with van der Waals surface area (Å²) in [5, 5.41) is 13.5. The second-order valence-corrected chi connectivity index (χ2v) is 7.16. The predicted molar refractivity (Wildman–Crippen MR) is 81.2 cm³/mol. The van der Waals surface area contributed by atoms with Crippen LogP contribution in [0.15, 0.2) is 28.7 Å². The maximum Gasteiger partial charge on any atom is 0.223 e. The molecular formula is C16H20BrNO2. The van der Waals surface area contributed by atoms with Crippen LogP contribution in [0.2, 0.25) is 0 Å². The van der Waals surface area contributed by atoms with E-state index in [1.807, 2.05) is 12.1 Å². The van der Waals surface area contributed by atoms with Crippen LogP contribution in [0.4, 0.5) is 0 Å². The molecule has 0 unspecified atom stereocenters. The Bertz CT molecular complexity index is 519. The summed E-state index contributed by atoms with van der Waals surface area (Å²) < 4.78 is 1.03. The van der Waals surface area contributed by atoms with Crippen molar-refractivity contribution in [3.8, 4) is 0 Å². The lowest BCUT2D eigenvalue weighted by Gasteiger charge is -2.24. The topological polar surface area (TPSA) is 49.3 Å². The largest absolute Gasteiger partial charge is 0.389 e. The number of amides is 1. The zero-order chi connectivity index (χ0) is 14.2. The van der Waals surface area contributed by atoms with Crippen LogP contribution in [0, 0.1) is 0 Å². The summed E-state index contributed by atoms with van der Waals surface area (Å²) in [5.74, 6) is -0.0214. The van der Waals surface area contributed by atoms with E-state index >= 15 is 0 Å². The number of carbonyl (C=O) groups excluding carboxylic acids is 1. The van der Waals surface area contributed by atoms with E-state index in [1.165, 1.54) is 0 Å². The van der Waals surface area contributed by atoms with Crippen molar-refractivity contribution in [3.63, 3.8) is 0 Å². The molecule has 3 rings (SSSR count). The monoisotopic (exact) mass is 337 g/mol.